The third-order valence-electron chi connectivity index (χ3n) is 5.32. The number of anilines is 1. The number of hydrogen-bond donors (Lipinski definition) is 3. The largest absolute Gasteiger partial charge is 0.507 e. The highest BCUT2D eigenvalue weighted by atomic mass is 16.5. The maximum absolute atomic E-state index is 11.4. The van der Waals surface area contributed by atoms with E-state index < -0.39 is 11.9 Å². The summed E-state index contributed by atoms with van der Waals surface area (Å²) >= 11 is 0. The SMILES string of the molecule is CC(C)C(C(=O)O)c1cc(OCCCC#Cc2cn3cc(-c4ccccc4O)nc3nc2N)no1. The lowest BCUT2D eigenvalue weighted by molar-refractivity contribution is -0.140. The monoisotopic (exact) mass is 475 g/mol. The summed E-state index contributed by atoms with van der Waals surface area (Å²) in [6, 6.07) is 8.45. The van der Waals surface area contributed by atoms with Crippen LogP contribution in [0.1, 0.15) is 43.9 Å². The quantitative estimate of drug-likeness (QED) is 0.256. The number of aromatic nitrogens is 4. The van der Waals surface area contributed by atoms with Crippen molar-refractivity contribution in [3.8, 4) is 34.7 Å². The van der Waals surface area contributed by atoms with E-state index in [-0.39, 0.29) is 29.1 Å². The summed E-state index contributed by atoms with van der Waals surface area (Å²) in [6.07, 6.45) is 4.68. The molecule has 0 fully saturated rings. The van der Waals surface area contributed by atoms with Gasteiger partial charge in [-0.2, -0.15) is 4.98 Å². The Morgan fingerprint density at radius 2 is 2.06 bits per heavy atom. The van der Waals surface area contributed by atoms with Crippen molar-refractivity contribution in [1.82, 2.24) is 19.5 Å². The van der Waals surface area contributed by atoms with Gasteiger partial charge in [0, 0.05) is 30.4 Å². The molecule has 0 aliphatic rings. The summed E-state index contributed by atoms with van der Waals surface area (Å²) in [5, 5.41) is 23.2. The van der Waals surface area contributed by atoms with Gasteiger partial charge in [0.2, 0.25) is 5.78 Å². The van der Waals surface area contributed by atoms with E-state index in [1.165, 1.54) is 6.07 Å². The van der Waals surface area contributed by atoms with Crippen molar-refractivity contribution in [1.29, 1.82) is 0 Å². The second-order valence-corrected chi connectivity index (χ2v) is 8.27. The number of carboxylic acid groups (broad SMARTS) is 1. The molecule has 3 heterocycles. The van der Waals surface area contributed by atoms with E-state index in [4.69, 9.17) is 15.0 Å². The zero-order valence-corrected chi connectivity index (χ0v) is 19.3. The highest BCUT2D eigenvalue weighted by molar-refractivity contribution is 5.75. The normalized spacial score (nSPS) is 11.9. The average molecular weight is 476 g/mol. The molecule has 0 radical (unpaired) electrons. The number of benzene rings is 1. The molecule has 4 aromatic rings. The molecule has 4 rings (SSSR count). The molecule has 0 aliphatic heterocycles. The zero-order valence-electron chi connectivity index (χ0n) is 19.3. The van der Waals surface area contributed by atoms with Crippen LogP contribution in [0.4, 0.5) is 5.82 Å². The minimum Gasteiger partial charge on any atom is -0.507 e. The van der Waals surface area contributed by atoms with Crippen molar-refractivity contribution in [2.24, 2.45) is 5.92 Å². The Kier molecular flexibility index (Phi) is 6.87. The standard InChI is InChI=1S/C25H25N5O5/c1-15(2)22(24(32)33)20-12-21(29-35-20)34-11-7-3-4-8-16-13-30-14-18(27-25(30)28-23(16)26)17-9-5-6-10-19(17)31/h5-6,9-10,12-15,22,31H,3,7,11H2,1-2H3,(H,32,33)(H2,26,27,28). The van der Waals surface area contributed by atoms with Gasteiger partial charge in [-0.25, -0.2) is 4.98 Å². The first-order chi connectivity index (χ1) is 16.8. The van der Waals surface area contributed by atoms with Crippen LogP contribution >= 0.6 is 0 Å². The highest BCUT2D eigenvalue weighted by Crippen LogP contribution is 2.29. The van der Waals surface area contributed by atoms with Crippen molar-refractivity contribution in [3.63, 3.8) is 0 Å². The lowest BCUT2D eigenvalue weighted by Gasteiger charge is -2.11. The number of phenols is 1. The topological polar surface area (TPSA) is 149 Å². The number of hydrogen-bond acceptors (Lipinski definition) is 8. The number of fused-ring (bicyclic) bond motifs is 1. The summed E-state index contributed by atoms with van der Waals surface area (Å²) in [4.78, 5) is 20.1. The minimum atomic E-state index is -0.963. The fraction of sp³-hybridized carbons (Fsp3) is 0.280. The van der Waals surface area contributed by atoms with Crippen molar-refractivity contribution in [3.05, 3.63) is 54.0 Å². The summed E-state index contributed by atoms with van der Waals surface area (Å²) < 4.78 is 12.4. The van der Waals surface area contributed by atoms with Crippen LogP contribution in [-0.4, -0.2) is 42.3 Å². The number of aromatic hydroxyl groups is 1. The maximum Gasteiger partial charge on any atom is 0.314 e. The molecule has 0 saturated heterocycles. The Balaban J connectivity index is 1.35. The molecule has 3 aromatic heterocycles. The molecule has 0 saturated carbocycles. The van der Waals surface area contributed by atoms with Gasteiger partial charge in [-0.1, -0.05) is 37.8 Å². The van der Waals surface area contributed by atoms with Crippen LogP contribution in [0.15, 0.2) is 47.2 Å². The predicted molar refractivity (Wildman–Crippen MR) is 128 cm³/mol. The molecule has 180 valence electrons. The average Bonchev–Trinajstić information content (AvgIpc) is 3.42. The number of rotatable bonds is 8. The molecule has 10 nitrogen and oxygen atoms in total. The van der Waals surface area contributed by atoms with Crippen molar-refractivity contribution in [2.75, 3.05) is 12.3 Å². The first kappa shape index (κ1) is 23.6. The molecule has 0 amide bonds. The smallest absolute Gasteiger partial charge is 0.314 e. The van der Waals surface area contributed by atoms with Crippen LogP contribution in [0.2, 0.25) is 0 Å². The van der Waals surface area contributed by atoms with Crippen LogP contribution < -0.4 is 10.5 Å². The van der Waals surface area contributed by atoms with Gasteiger partial charge in [0.15, 0.2) is 5.76 Å². The number of carbonyl (C=O) groups is 1. The number of unbranched alkanes of at least 4 members (excludes halogenated alkanes) is 1. The fourth-order valence-electron chi connectivity index (χ4n) is 3.57. The molecule has 1 unspecified atom stereocenters. The van der Waals surface area contributed by atoms with Gasteiger partial charge in [0.05, 0.1) is 17.9 Å². The summed E-state index contributed by atoms with van der Waals surface area (Å²) in [7, 11) is 0. The molecule has 4 N–H and O–H groups in total. The van der Waals surface area contributed by atoms with Crippen LogP contribution in [0.5, 0.6) is 11.6 Å². The number of para-hydroxylation sites is 1. The number of imidazole rings is 1. The molecule has 1 aromatic carbocycles. The van der Waals surface area contributed by atoms with E-state index in [2.05, 4.69) is 27.0 Å². The lowest BCUT2D eigenvalue weighted by Crippen LogP contribution is -2.16. The molecule has 10 heteroatoms. The number of phenolic OH excluding ortho intramolecular Hbond substituents is 1. The first-order valence-corrected chi connectivity index (χ1v) is 11.1. The first-order valence-electron chi connectivity index (χ1n) is 11.1. The Morgan fingerprint density at radius 3 is 2.80 bits per heavy atom. The molecule has 0 bridgehead atoms. The van der Waals surface area contributed by atoms with Gasteiger partial charge in [-0.05, 0) is 29.6 Å². The van der Waals surface area contributed by atoms with Crippen LogP contribution in [0, 0.1) is 17.8 Å². The number of nitrogens with zero attached hydrogens (tertiary/aromatic N) is 4. The Morgan fingerprint density at radius 1 is 1.26 bits per heavy atom. The van der Waals surface area contributed by atoms with E-state index in [9.17, 15) is 15.0 Å². The Bertz CT molecular complexity index is 1410. The summed E-state index contributed by atoms with van der Waals surface area (Å²) in [5.41, 5.74) is 7.80. The minimum absolute atomic E-state index is 0.134. The van der Waals surface area contributed by atoms with Crippen LogP contribution in [0.25, 0.3) is 17.0 Å². The molecule has 0 aliphatic carbocycles. The molecule has 0 spiro atoms. The van der Waals surface area contributed by atoms with E-state index in [0.717, 1.165) is 0 Å². The second kappa shape index (κ2) is 10.2. The maximum atomic E-state index is 11.4. The van der Waals surface area contributed by atoms with Crippen molar-refractivity contribution < 1.29 is 24.3 Å². The zero-order chi connectivity index (χ0) is 24.9. The Hall–Kier alpha value is -4.52. The number of aliphatic carboxylic acids is 1. The number of ether oxygens (including phenoxy) is 1. The van der Waals surface area contributed by atoms with E-state index in [1.54, 1.807) is 48.8 Å². The second-order valence-electron chi connectivity index (χ2n) is 8.27. The molecular formula is C25H25N5O5. The predicted octanol–water partition coefficient (Wildman–Crippen LogP) is 3.71. The van der Waals surface area contributed by atoms with Gasteiger partial charge in [0.1, 0.15) is 17.5 Å². The van der Waals surface area contributed by atoms with E-state index in [1.807, 2.05) is 6.07 Å². The summed E-state index contributed by atoms with van der Waals surface area (Å²) in [5.74, 6) is 5.53. The molecular weight excluding hydrogens is 450 g/mol. The van der Waals surface area contributed by atoms with Crippen LogP contribution in [-0.2, 0) is 4.79 Å². The lowest BCUT2D eigenvalue weighted by atomic mass is 9.94. The van der Waals surface area contributed by atoms with Crippen molar-refractivity contribution in [2.45, 2.75) is 32.6 Å². The van der Waals surface area contributed by atoms with Crippen LogP contribution in [0.3, 0.4) is 0 Å². The third-order valence-corrected chi connectivity index (χ3v) is 5.32. The van der Waals surface area contributed by atoms with Gasteiger partial charge >= 0.3 is 5.97 Å². The third kappa shape index (κ3) is 5.35. The van der Waals surface area contributed by atoms with E-state index in [0.29, 0.717) is 42.0 Å². The summed E-state index contributed by atoms with van der Waals surface area (Å²) in [6.45, 7) is 3.96. The Labute approximate surface area is 201 Å². The molecule has 35 heavy (non-hydrogen) atoms. The number of carboxylic acids is 1. The van der Waals surface area contributed by atoms with Gasteiger partial charge < -0.3 is 25.2 Å². The van der Waals surface area contributed by atoms with Gasteiger partial charge in [0.25, 0.3) is 5.88 Å². The van der Waals surface area contributed by atoms with E-state index >= 15 is 0 Å². The fourth-order valence-corrected chi connectivity index (χ4v) is 3.57. The highest BCUT2D eigenvalue weighted by Gasteiger charge is 2.28. The number of nitrogen functional groups attached to an aromatic ring is 1. The van der Waals surface area contributed by atoms with Gasteiger partial charge in [-0.3, -0.25) is 9.20 Å². The number of nitrogens with two attached hydrogens (primary N) is 1. The van der Waals surface area contributed by atoms with Gasteiger partial charge in [-0.15, -0.1) is 0 Å². The van der Waals surface area contributed by atoms with Crippen molar-refractivity contribution >= 4 is 17.6 Å². The molecule has 1 atom stereocenters.